The highest BCUT2D eigenvalue weighted by Gasteiger charge is 2.41. The highest BCUT2D eigenvalue weighted by molar-refractivity contribution is 5.85. The molecule has 0 unspecified atom stereocenters. The van der Waals surface area contributed by atoms with Crippen molar-refractivity contribution < 1.29 is 14.6 Å². The van der Waals surface area contributed by atoms with Crippen LogP contribution in [0.15, 0.2) is 42.9 Å². The summed E-state index contributed by atoms with van der Waals surface area (Å²) >= 11 is 0. The van der Waals surface area contributed by atoms with Gasteiger partial charge in [-0.25, -0.2) is 0 Å². The van der Waals surface area contributed by atoms with Crippen LogP contribution in [0.4, 0.5) is 0 Å². The van der Waals surface area contributed by atoms with E-state index < -0.39 is 11.7 Å². The van der Waals surface area contributed by atoms with Crippen LogP contribution in [0, 0.1) is 12.8 Å². The molecule has 1 aromatic heterocycles. The van der Waals surface area contributed by atoms with Gasteiger partial charge in [0, 0.05) is 37.6 Å². The summed E-state index contributed by atoms with van der Waals surface area (Å²) in [5.74, 6) is 0.490. The number of hydrogen-bond donors (Lipinski definition) is 1. The monoisotopic (exact) mass is 355 g/mol. The molecule has 1 aliphatic heterocycles. The summed E-state index contributed by atoms with van der Waals surface area (Å²) in [7, 11) is 0. The lowest BCUT2D eigenvalue weighted by molar-refractivity contribution is -0.144. The van der Waals surface area contributed by atoms with E-state index in [4.69, 9.17) is 4.74 Å². The minimum Gasteiger partial charge on any atom is -0.478 e. The van der Waals surface area contributed by atoms with Crippen molar-refractivity contribution in [3.8, 4) is 5.75 Å². The molecule has 6 heteroatoms. The van der Waals surface area contributed by atoms with E-state index in [1.807, 2.05) is 31.2 Å². The van der Waals surface area contributed by atoms with Crippen molar-refractivity contribution in [2.75, 3.05) is 13.1 Å². The molecule has 0 radical (unpaired) electrons. The summed E-state index contributed by atoms with van der Waals surface area (Å²) in [4.78, 5) is 23.0. The number of hydrogen-bond acceptors (Lipinski definition) is 5. The fourth-order valence-corrected chi connectivity index (χ4v) is 3.32. The van der Waals surface area contributed by atoms with E-state index in [2.05, 4.69) is 9.97 Å². The maximum absolute atomic E-state index is 13.0. The van der Waals surface area contributed by atoms with Crippen molar-refractivity contribution in [2.45, 2.75) is 38.9 Å². The normalized spacial score (nSPS) is 20.2. The van der Waals surface area contributed by atoms with Crippen LogP contribution in [0.2, 0.25) is 0 Å². The Balaban J connectivity index is 1.65. The summed E-state index contributed by atoms with van der Waals surface area (Å²) in [6, 6.07) is 7.64. The summed E-state index contributed by atoms with van der Waals surface area (Å²) in [5.41, 5.74) is 0.891. The predicted molar refractivity (Wildman–Crippen MR) is 97.7 cm³/mol. The van der Waals surface area contributed by atoms with Gasteiger partial charge in [0.1, 0.15) is 5.75 Å². The molecule has 0 aliphatic carbocycles. The zero-order valence-electron chi connectivity index (χ0n) is 15.4. The standard InChI is InChI=1S/C20H25N3O3/c1-14-5-4-6-17(9-14)26-20(2,3)19(25)23-12-15(18(24)13-23)10-16-11-21-7-8-22-16/h4-9,11,15,18,24H,10,12-13H2,1-3H3/t15-,18-/m1/s1. The molecule has 2 heterocycles. The first-order chi connectivity index (χ1) is 12.3. The number of aryl methyl sites for hydroxylation is 1. The fourth-order valence-electron chi connectivity index (χ4n) is 3.32. The molecule has 0 saturated carbocycles. The van der Waals surface area contributed by atoms with E-state index >= 15 is 0 Å². The average molecular weight is 355 g/mol. The van der Waals surface area contributed by atoms with Crippen LogP contribution in [0.3, 0.4) is 0 Å². The van der Waals surface area contributed by atoms with Crippen molar-refractivity contribution >= 4 is 5.91 Å². The number of aliphatic hydroxyl groups is 1. The number of aliphatic hydroxyl groups excluding tert-OH is 1. The van der Waals surface area contributed by atoms with Gasteiger partial charge in [-0.15, -0.1) is 0 Å². The van der Waals surface area contributed by atoms with E-state index in [1.54, 1.807) is 37.3 Å². The van der Waals surface area contributed by atoms with Gasteiger partial charge < -0.3 is 14.7 Å². The van der Waals surface area contributed by atoms with E-state index in [0.29, 0.717) is 25.3 Å². The minimum atomic E-state index is -1.01. The van der Waals surface area contributed by atoms with Crippen LogP contribution in [0.5, 0.6) is 5.75 Å². The molecular weight excluding hydrogens is 330 g/mol. The van der Waals surface area contributed by atoms with Gasteiger partial charge in [-0.05, 0) is 44.9 Å². The highest BCUT2D eigenvalue weighted by Crippen LogP contribution is 2.26. The van der Waals surface area contributed by atoms with Gasteiger partial charge in [0.25, 0.3) is 5.91 Å². The Kier molecular flexibility index (Phi) is 5.23. The lowest BCUT2D eigenvalue weighted by Gasteiger charge is -2.30. The summed E-state index contributed by atoms with van der Waals surface area (Å²) in [5, 5.41) is 10.4. The Morgan fingerprint density at radius 2 is 2.15 bits per heavy atom. The number of carbonyl (C=O) groups excluding carboxylic acids is 1. The zero-order valence-corrected chi connectivity index (χ0v) is 15.4. The number of ether oxygens (including phenoxy) is 1. The molecule has 1 aromatic carbocycles. The fraction of sp³-hybridized carbons (Fsp3) is 0.450. The van der Waals surface area contributed by atoms with Crippen molar-refractivity contribution in [2.24, 2.45) is 5.92 Å². The lowest BCUT2D eigenvalue weighted by Crippen LogP contribution is -2.48. The summed E-state index contributed by atoms with van der Waals surface area (Å²) in [6.07, 6.45) is 4.98. The third-order valence-corrected chi connectivity index (χ3v) is 4.66. The molecule has 3 rings (SSSR count). The van der Waals surface area contributed by atoms with E-state index in [1.165, 1.54) is 0 Å². The molecule has 2 aromatic rings. The number of likely N-dealkylation sites (tertiary alicyclic amines) is 1. The molecule has 1 amide bonds. The zero-order chi connectivity index (χ0) is 18.7. The molecule has 138 valence electrons. The second kappa shape index (κ2) is 7.41. The Hall–Kier alpha value is -2.47. The molecule has 1 aliphatic rings. The van der Waals surface area contributed by atoms with E-state index in [0.717, 1.165) is 11.3 Å². The number of benzene rings is 1. The van der Waals surface area contributed by atoms with Crippen LogP contribution < -0.4 is 4.74 Å². The topological polar surface area (TPSA) is 75.5 Å². The van der Waals surface area contributed by atoms with Crippen LogP contribution in [-0.4, -0.2) is 50.7 Å². The van der Waals surface area contributed by atoms with Crippen molar-refractivity contribution in [1.29, 1.82) is 0 Å². The first kappa shape index (κ1) is 18.3. The minimum absolute atomic E-state index is 0.0505. The Labute approximate surface area is 153 Å². The first-order valence-corrected chi connectivity index (χ1v) is 8.83. The number of carbonyl (C=O) groups is 1. The third kappa shape index (κ3) is 4.19. The number of nitrogens with zero attached hydrogens (tertiary/aromatic N) is 3. The van der Waals surface area contributed by atoms with Crippen molar-refractivity contribution in [3.63, 3.8) is 0 Å². The number of amides is 1. The molecule has 1 fully saturated rings. The number of rotatable bonds is 5. The maximum atomic E-state index is 13.0. The number of β-amino-alcohol motifs (C(OH)–C–C–N with tert-alkyl or cyclic N) is 1. The summed E-state index contributed by atoms with van der Waals surface area (Å²) in [6.45, 7) is 6.30. The van der Waals surface area contributed by atoms with Gasteiger partial charge in [0.2, 0.25) is 0 Å². The smallest absolute Gasteiger partial charge is 0.266 e. The van der Waals surface area contributed by atoms with Gasteiger partial charge >= 0.3 is 0 Å². The Bertz CT molecular complexity index is 764. The molecule has 0 spiro atoms. The van der Waals surface area contributed by atoms with Crippen LogP contribution in [-0.2, 0) is 11.2 Å². The maximum Gasteiger partial charge on any atom is 0.266 e. The Morgan fingerprint density at radius 3 is 2.85 bits per heavy atom. The molecule has 1 N–H and O–H groups in total. The quantitative estimate of drug-likeness (QED) is 0.888. The lowest BCUT2D eigenvalue weighted by atomic mass is 10.0. The third-order valence-electron chi connectivity index (χ3n) is 4.66. The van der Waals surface area contributed by atoms with Gasteiger partial charge in [-0.1, -0.05) is 12.1 Å². The molecule has 26 heavy (non-hydrogen) atoms. The average Bonchev–Trinajstić information content (AvgIpc) is 2.95. The molecule has 1 saturated heterocycles. The van der Waals surface area contributed by atoms with Gasteiger partial charge in [-0.2, -0.15) is 0 Å². The largest absolute Gasteiger partial charge is 0.478 e. The molecule has 0 bridgehead atoms. The molecular formula is C20H25N3O3. The highest BCUT2D eigenvalue weighted by atomic mass is 16.5. The first-order valence-electron chi connectivity index (χ1n) is 8.83. The van der Waals surface area contributed by atoms with Gasteiger partial charge in [0.05, 0.1) is 11.8 Å². The van der Waals surface area contributed by atoms with Gasteiger partial charge in [0.15, 0.2) is 5.60 Å². The van der Waals surface area contributed by atoms with Crippen LogP contribution in [0.1, 0.15) is 25.1 Å². The number of aromatic nitrogens is 2. The van der Waals surface area contributed by atoms with E-state index in [9.17, 15) is 9.90 Å². The van der Waals surface area contributed by atoms with Crippen LogP contribution in [0.25, 0.3) is 0 Å². The Morgan fingerprint density at radius 1 is 1.35 bits per heavy atom. The van der Waals surface area contributed by atoms with Gasteiger partial charge in [-0.3, -0.25) is 14.8 Å². The van der Waals surface area contributed by atoms with E-state index in [-0.39, 0.29) is 11.8 Å². The molecule has 2 atom stereocenters. The van der Waals surface area contributed by atoms with Crippen molar-refractivity contribution in [3.05, 3.63) is 54.1 Å². The molecule has 6 nitrogen and oxygen atoms in total. The van der Waals surface area contributed by atoms with Crippen LogP contribution >= 0.6 is 0 Å². The second-order valence-corrected chi connectivity index (χ2v) is 7.37. The SMILES string of the molecule is Cc1cccc(OC(C)(C)C(=O)N2C[C@@H](Cc3cnccn3)[C@H](O)C2)c1. The predicted octanol–water partition coefficient (Wildman–Crippen LogP) is 2.00. The summed E-state index contributed by atoms with van der Waals surface area (Å²) < 4.78 is 5.95. The second-order valence-electron chi connectivity index (χ2n) is 7.37. The van der Waals surface area contributed by atoms with Crippen molar-refractivity contribution in [1.82, 2.24) is 14.9 Å².